The van der Waals surface area contributed by atoms with E-state index in [-0.39, 0.29) is 0 Å². The lowest BCUT2D eigenvalue weighted by molar-refractivity contribution is 0.296. The van der Waals surface area contributed by atoms with E-state index in [0.717, 1.165) is 31.6 Å². The van der Waals surface area contributed by atoms with Gasteiger partial charge in [0, 0.05) is 17.9 Å². The summed E-state index contributed by atoms with van der Waals surface area (Å²) in [5.41, 5.74) is 1.37. The van der Waals surface area contributed by atoms with Crippen molar-refractivity contribution in [2.45, 2.75) is 44.4 Å². The molecule has 3 heteroatoms. The summed E-state index contributed by atoms with van der Waals surface area (Å²) < 4.78 is 0. The maximum Gasteiger partial charge on any atom is 0.0440 e. The fraction of sp³-hybridized carbons (Fsp3) is 0.625. The summed E-state index contributed by atoms with van der Waals surface area (Å²) in [6.45, 7) is 5.80. The van der Waals surface area contributed by atoms with Gasteiger partial charge < -0.3 is 10.4 Å². The van der Waals surface area contributed by atoms with Crippen LogP contribution in [0, 0.1) is 0 Å². The number of aliphatic hydroxyl groups is 1. The highest BCUT2D eigenvalue weighted by atomic mass is 32.2. The van der Waals surface area contributed by atoms with Gasteiger partial charge in [-0.3, -0.25) is 0 Å². The third kappa shape index (κ3) is 5.98. The molecule has 2 atom stereocenters. The smallest absolute Gasteiger partial charge is 0.0440 e. The topological polar surface area (TPSA) is 32.3 Å². The van der Waals surface area contributed by atoms with Crippen molar-refractivity contribution in [1.29, 1.82) is 0 Å². The summed E-state index contributed by atoms with van der Waals surface area (Å²) in [5, 5.41) is 13.2. The molecule has 0 radical (unpaired) electrons. The Labute approximate surface area is 122 Å². The number of benzene rings is 1. The van der Waals surface area contributed by atoms with Crippen LogP contribution in [0.4, 0.5) is 0 Å². The summed E-state index contributed by atoms with van der Waals surface area (Å²) in [6.07, 6.45) is 3.18. The Balaban J connectivity index is 2.70. The van der Waals surface area contributed by atoms with Crippen LogP contribution in [-0.2, 0) is 0 Å². The zero-order valence-electron chi connectivity index (χ0n) is 12.1. The van der Waals surface area contributed by atoms with E-state index in [1.54, 1.807) is 0 Å². The van der Waals surface area contributed by atoms with E-state index < -0.39 is 0 Å². The predicted octanol–water partition coefficient (Wildman–Crippen LogP) is 3.62. The molecule has 0 aliphatic heterocycles. The van der Waals surface area contributed by atoms with Crippen molar-refractivity contribution < 1.29 is 5.11 Å². The van der Waals surface area contributed by atoms with Crippen molar-refractivity contribution in [1.82, 2.24) is 5.32 Å². The summed E-state index contributed by atoms with van der Waals surface area (Å²) in [6, 6.07) is 11.1. The molecule has 0 bridgehead atoms. The molecule has 1 aromatic carbocycles. The summed E-state index contributed by atoms with van der Waals surface area (Å²) in [5.74, 6) is 1.03. The molecule has 2 N–H and O–H groups in total. The zero-order valence-corrected chi connectivity index (χ0v) is 13.0. The van der Waals surface area contributed by atoms with Gasteiger partial charge in [-0.25, -0.2) is 0 Å². The minimum atomic E-state index is 0.293. The molecule has 2 unspecified atom stereocenters. The van der Waals surface area contributed by atoms with Crippen molar-refractivity contribution in [3.8, 4) is 0 Å². The van der Waals surface area contributed by atoms with Gasteiger partial charge in [-0.05, 0) is 37.1 Å². The van der Waals surface area contributed by atoms with E-state index in [0.29, 0.717) is 17.9 Å². The molecule has 0 heterocycles. The monoisotopic (exact) mass is 281 g/mol. The maximum atomic E-state index is 8.92. The molecule has 2 nitrogen and oxygen atoms in total. The number of thioether (sulfide) groups is 1. The minimum Gasteiger partial charge on any atom is -0.396 e. The minimum absolute atomic E-state index is 0.293. The standard InChI is InChI=1S/C16H27NOS/c1-3-11-17-16(14-9-6-5-7-10-14)15(4-2)19-13-8-12-18/h5-7,9-10,15-18H,3-4,8,11-13H2,1-2H3. The molecule has 19 heavy (non-hydrogen) atoms. The van der Waals surface area contributed by atoms with Crippen LogP contribution in [0.3, 0.4) is 0 Å². The van der Waals surface area contributed by atoms with Gasteiger partial charge in [-0.1, -0.05) is 44.2 Å². The lowest BCUT2D eigenvalue weighted by Crippen LogP contribution is -2.30. The van der Waals surface area contributed by atoms with Crippen LogP contribution in [0.1, 0.15) is 44.7 Å². The van der Waals surface area contributed by atoms with Crippen molar-refractivity contribution in [2.75, 3.05) is 18.9 Å². The average molecular weight is 281 g/mol. The van der Waals surface area contributed by atoms with E-state index in [1.807, 2.05) is 11.8 Å². The van der Waals surface area contributed by atoms with Crippen molar-refractivity contribution in [3.63, 3.8) is 0 Å². The van der Waals surface area contributed by atoms with Gasteiger partial charge in [0.2, 0.25) is 0 Å². The molecule has 0 aliphatic carbocycles. The van der Waals surface area contributed by atoms with Crippen LogP contribution in [0.5, 0.6) is 0 Å². The first kappa shape index (κ1) is 16.5. The second-order valence-electron chi connectivity index (χ2n) is 4.74. The number of rotatable bonds is 10. The van der Waals surface area contributed by atoms with E-state index >= 15 is 0 Å². The molecule has 108 valence electrons. The Hall–Kier alpha value is -0.510. The Bertz CT molecular complexity index is 318. The number of hydrogen-bond acceptors (Lipinski definition) is 3. The maximum absolute atomic E-state index is 8.92. The quantitative estimate of drug-likeness (QED) is 0.642. The molecule has 0 saturated heterocycles. The summed E-state index contributed by atoms with van der Waals surface area (Å²) in [7, 11) is 0. The third-order valence-electron chi connectivity index (χ3n) is 3.18. The first-order valence-electron chi connectivity index (χ1n) is 7.34. The Kier molecular flexibility index (Phi) is 8.97. The van der Waals surface area contributed by atoms with Crippen LogP contribution >= 0.6 is 11.8 Å². The molecule has 0 fully saturated rings. The molecule has 0 spiro atoms. The summed E-state index contributed by atoms with van der Waals surface area (Å²) in [4.78, 5) is 0. The normalized spacial score (nSPS) is 14.3. The number of aliphatic hydroxyl groups excluding tert-OH is 1. The number of nitrogens with one attached hydrogen (secondary N) is 1. The largest absolute Gasteiger partial charge is 0.396 e. The Morgan fingerprint density at radius 2 is 1.95 bits per heavy atom. The zero-order chi connectivity index (χ0) is 13.9. The highest BCUT2D eigenvalue weighted by Gasteiger charge is 2.21. The SMILES string of the molecule is CCCNC(c1ccccc1)C(CC)SCCCO. The molecule has 1 rings (SSSR count). The van der Waals surface area contributed by atoms with Gasteiger partial charge in [0.05, 0.1) is 0 Å². The van der Waals surface area contributed by atoms with E-state index in [4.69, 9.17) is 5.11 Å². The molecule has 1 aromatic rings. The van der Waals surface area contributed by atoms with Crippen LogP contribution in [0.2, 0.25) is 0 Å². The van der Waals surface area contributed by atoms with Gasteiger partial charge in [0.25, 0.3) is 0 Å². The second-order valence-corrected chi connectivity index (χ2v) is 6.08. The van der Waals surface area contributed by atoms with Gasteiger partial charge in [-0.15, -0.1) is 0 Å². The first-order chi connectivity index (χ1) is 9.33. The fourth-order valence-electron chi connectivity index (χ4n) is 2.17. The van der Waals surface area contributed by atoms with Crippen molar-refractivity contribution >= 4 is 11.8 Å². The predicted molar refractivity (Wildman–Crippen MR) is 85.7 cm³/mol. The highest BCUT2D eigenvalue weighted by molar-refractivity contribution is 7.99. The molecular weight excluding hydrogens is 254 g/mol. The molecular formula is C16H27NOS. The first-order valence-corrected chi connectivity index (χ1v) is 8.39. The van der Waals surface area contributed by atoms with Crippen molar-refractivity contribution in [2.24, 2.45) is 0 Å². The van der Waals surface area contributed by atoms with Gasteiger partial charge >= 0.3 is 0 Å². The fourth-order valence-corrected chi connectivity index (χ4v) is 3.45. The molecule has 0 saturated carbocycles. The molecule has 0 aromatic heterocycles. The summed E-state index contributed by atoms with van der Waals surface area (Å²) >= 11 is 1.98. The van der Waals surface area contributed by atoms with Gasteiger partial charge in [-0.2, -0.15) is 11.8 Å². The third-order valence-corrected chi connectivity index (χ3v) is 4.74. The van der Waals surface area contributed by atoms with Crippen LogP contribution < -0.4 is 5.32 Å². The van der Waals surface area contributed by atoms with Crippen LogP contribution in [-0.4, -0.2) is 29.3 Å². The molecule has 0 amide bonds. The van der Waals surface area contributed by atoms with Gasteiger partial charge in [0.1, 0.15) is 0 Å². The van der Waals surface area contributed by atoms with E-state index in [1.165, 1.54) is 5.56 Å². The second kappa shape index (κ2) is 10.3. The molecule has 0 aliphatic rings. The van der Waals surface area contributed by atoms with E-state index in [9.17, 15) is 0 Å². The lowest BCUT2D eigenvalue weighted by atomic mass is 10.0. The van der Waals surface area contributed by atoms with Crippen molar-refractivity contribution in [3.05, 3.63) is 35.9 Å². The highest BCUT2D eigenvalue weighted by Crippen LogP contribution is 2.29. The van der Waals surface area contributed by atoms with Gasteiger partial charge in [0.15, 0.2) is 0 Å². The van der Waals surface area contributed by atoms with Crippen LogP contribution in [0.25, 0.3) is 0 Å². The average Bonchev–Trinajstić information content (AvgIpc) is 2.47. The lowest BCUT2D eigenvalue weighted by Gasteiger charge is -2.27. The Morgan fingerprint density at radius 3 is 2.53 bits per heavy atom. The van der Waals surface area contributed by atoms with Crippen LogP contribution in [0.15, 0.2) is 30.3 Å². The number of hydrogen-bond donors (Lipinski definition) is 2. The van der Waals surface area contributed by atoms with E-state index in [2.05, 4.69) is 49.5 Å². The Morgan fingerprint density at radius 1 is 1.21 bits per heavy atom.